The monoisotopic (exact) mass is 391 g/mol. The van der Waals surface area contributed by atoms with Gasteiger partial charge in [-0.3, -0.25) is 0 Å². The first-order valence-corrected chi connectivity index (χ1v) is 6.97. The molecule has 0 fully saturated rings. The van der Waals surface area contributed by atoms with Gasteiger partial charge in [0.2, 0.25) is 5.76 Å². The third kappa shape index (κ3) is 3.42. The quantitative estimate of drug-likeness (QED) is 0.758. The molecule has 1 aromatic heterocycles. The number of furan rings is 1. The van der Waals surface area contributed by atoms with Gasteiger partial charge in [-0.05, 0) is 59.8 Å². The minimum atomic E-state index is -1.07. The summed E-state index contributed by atoms with van der Waals surface area (Å²) in [6, 6.07) is 8.49. The second-order valence-corrected chi connectivity index (χ2v) is 5.60. The van der Waals surface area contributed by atoms with Gasteiger partial charge >= 0.3 is 5.97 Å². The summed E-state index contributed by atoms with van der Waals surface area (Å²) in [5.41, 5.74) is 0.922. The van der Waals surface area contributed by atoms with Crippen molar-refractivity contribution < 1.29 is 14.3 Å². The molecule has 1 atom stereocenters. The number of carboxylic acids is 1. The van der Waals surface area contributed by atoms with Crippen molar-refractivity contribution in [3.8, 4) is 0 Å². The predicted molar refractivity (Wildman–Crippen MR) is 81.9 cm³/mol. The van der Waals surface area contributed by atoms with Crippen LogP contribution in [0.2, 0.25) is 5.02 Å². The number of anilines is 1. The summed E-state index contributed by atoms with van der Waals surface area (Å²) in [5, 5.41) is 12.7. The predicted octanol–water partition coefficient (Wildman–Crippen LogP) is 4.41. The fourth-order valence-corrected chi connectivity index (χ4v) is 2.64. The Morgan fingerprint density at radius 1 is 1.42 bits per heavy atom. The third-order valence-corrected chi connectivity index (χ3v) is 3.70. The van der Waals surface area contributed by atoms with Crippen molar-refractivity contribution in [1.29, 1.82) is 0 Å². The Balaban J connectivity index is 2.15. The van der Waals surface area contributed by atoms with Gasteiger partial charge in [-0.15, -0.1) is 0 Å². The molecule has 19 heavy (non-hydrogen) atoms. The van der Waals surface area contributed by atoms with Crippen LogP contribution in [0.4, 0.5) is 5.69 Å². The van der Waals surface area contributed by atoms with Crippen LogP contribution in [0.1, 0.15) is 29.3 Å². The van der Waals surface area contributed by atoms with Gasteiger partial charge in [0.05, 0.1) is 6.04 Å². The Labute approximate surface area is 128 Å². The van der Waals surface area contributed by atoms with Crippen molar-refractivity contribution in [3.63, 3.8) is 0 Å². The first-order chi connectivity index (χ1) is 8.97. The molecule has 0 saturated carbocycles. The van der Waals surface area contributed by atoms with Crippen LogP contribution in [0.3, 0.4) is 0 Å². The van der Waals surface area contributed by atoms with E-state index in [4.69, 9.17) is 21.1 Å². The Bertz CT molecular complexity index is 612. The van der Waals surface area contributed by atoms with Crippen LogP contribution in [0.15, 0.2) is 34.7 Å². The van der Waals surface area contributed by atoms with Crippen LogP contribution in [0.25, 0.3) is 0 Å². The highest BCUT2D eigenvalue weighted by Crippen LogP contribution is 2.27. The second-order valence-electron chi connectivity index (χ2n) is 4.00. The highest BCUT2D eigenvalue weighted by atomic mass is 127. The second kappa shape index (κ2) is 5.83. The van der Waals surface area contributed by atoms with E-state index in [0.29, 0.717) is 10.8 Å². The van der Waals surface area contributed by atoms with Gasteiger partial charge in [0.25, 0.3) is 0 Å². The maximum atomic E-state index is 10.8. The van der Waals surface area contributed by atoms with E-state index in [1.165, 1.54) is 6.07 Å². The molecule has 0 aliphatic rings. The summed E-state index contributed by atoms with van der Waals surface area (Å²) in [5.74, 6) is -0.558. The molecular weight excluding hydrogens is 381 g/mol. The van der Waals surface area contributed by atoms with E-state index in [0.717, 1.165) is 9.26 Å². The number of nitrogens with one attached hydrogen (secondary N) is 1. The smallest absolute Gasteiger partial charge is 0.371 e. The zero-order chi connectivity index (χ0) is 14.0. The minimum absolute atomic E-state index is 0.0607. The van der Waals surface area contributed by atoms with E-state index in [-0.39, 0.29) is 11.8 Å². The van der Waals surface area contributed by atoms with Crippen LogP contribution in [-0.4, -0.2) is 11.1 Å². The Morgan fingerprint density at radius 2 is 2.16 bits per heavy atom. The van der Waals surface area contributed by atoms with Crippen molar-refractivity contribution >= 4 is 45.8 Å². The topological polar surface area (TPSA) is 62.5 Å². The number of hydrogen-bond acceptors (Lipinski definition) is 3. The van der Waals surface area contributed by atoms with E-state index in [2.05, 4.69) is 27.9 Å². The molecule has 1 aromatic carbocycles. The molecule has 0 amide bonds. The Kier molecular flexibility index (Phi) is 4.36. The van der Waals surface area contributed by atoms with Gasteiger partial charge in [0.1, 0.15) is 5.76 Å². The summed E-state index contributed by atoms with van der Waals surface area (Å²) in [7, 11) is 0. The van der Waals surface area contributed by atoms with Gasteiger partial charge in [0.15, 0.2) is 0 Å². The lowest BCUT2D eigenvalue weighted by Crippen LogP contribution is -2.06. The molecule has 2 N–H and O–H groups in total. The van der Waals surface area contributed by atoms with Crippen LogP contribution < -0.4 is 5.32 Å². The molecule has 0 radical (unpaired) electrons. The van der Waals surface area contributed by atoms with Gasteiger partial charge in [-0.2, -0.15) is 0 Å². The maximum absolute atomic E-state index is 10.8. The molecule has 1 heterocycles. The van der Waals surface area contributed by atoms with Crippen LogP contribution in [0.5, 0.6) is 0 Å². The summed E-state index contributed by atoms with van der Waals surface area (Å²) in [6.45, 7) is 1.90. The van der Waals surface area contributed by atoms with E-state index >= 15 is 0 Å². The minimum Gasteiger partial charge on any atom is -0.475 e. The van der Waals surface area contributed by atoms with Gasteiger partial charge in [0, 0.05) is 14.3 Å². The normalized spacial score (nSPS) is 12.2. The SMILES string of the molecule is CC(Nc1ccc(Cl)cc1I)c1ccc(C(=O)O)o1. The first kappa shape index (κ1) is 14.2. The lowest BCUT2D eigenvalue weighted by atomic mass is 10.2. The Hall–Kier alpha value is -1.21. The zero-order valence-electron chi connectivity index (χ0n) is 9.98. The summed E-state index contributed by atoms with van der Waals surface area (Å²) >= 11 is 8.08. The van der Waals surface area contributed by atoms with E-state index < -0.39 is 5.97 Å². The van der Waals surface area contributed by atoms with Crippen molar-refractivity contribution in [2.24, 2.45) is 0 Å². The maximum Gasteiger partial charge on any atom is 0.371 e. The van der Waals surface area contributed by atoms with E-state index in [1.807, 2.05) is 19.1 Å². The first-order valence-electron chi connectivity index (χ1n) is 5.52. The van der Waals surface area contributed by atoms with E-state index in [9.17, 15) is 4.79 Å². The molecular formula is C13H11ClINO3. The highest BCUT2D eigenvalue weighted by Gasteiger charge is 2.14. The van der Waals surface area contributed by atoms with Crippen LogP contribution >= 0.6 is 34.2 Å². The number of carbonyl (C=O) groups is 1. The Morgan fingerprint density at radius 3 is 2.74 bits per heavy atom. The van der Waals surface area contributed by atoms with Gasteiger partial charge < -0.3 is 14.8 Å². The van der Waals surface area contributed by atoms with Crippen molar-refractivity contribution in [3.05, 3.63) is 50.4 Å². The lowest BCUT2D eigenvalue weighted by molar-refractivity contribution is 0.0660. The van der Waals surface area contributed by atoms with Gasteiger partial charge in [-0.25, -0.2) is 4.79 Å². The number of carboxylic acid groups (broad SMARTS) is 1. The average Bonchev–Trinajstić information content (AvgIpc) is 2.82. The zero-order valence-corrected chi connectivity index (χ0v) is 12.9. The number of benzene rings is 1. The molecule has 0 spiro atoms. The van der Waals surface area contributed by atoms with Gasteiger partial charge in [-0.1, -0.05) is 11.6 Å². The molecule has 4 nitrogen and oxygen atoms in total. The van der Waals surface area contributed by atoms with Crippen molar-refractivity contribution in [2.45, 2.75) is 13.0 Å². The third-order valence-electron chi connectivity index (χ3n) is 2.57. The fourth-order valence-electron chi connectivity index (χ4n) is 1.61. The number of aromatic carboxylic acids is 1. The standard InChI is InChI=1S/C13H11ClINO3/c1-7(11-4-5-12(19-11)13(17)18)16-10-3-2-8(14)6-9(10)15/h2-7,16H,1H3,(H,17,18). The molecule has 6 heteroatoms. The summed E-state index contributed by atoms with van der Waals surface area (Å²) in [6.07, 6.45) is 0. The molecule has 1 unspecified atom stereocenters. The molecule has 100 valence electrons. The van der Waals surface area contributed by atoms with Crippen LogP contribution in [-0.2, 0) is 0 Å². The number of hydrogen-bond donors (Lipinski definition) is 2. The van der Waals surface area contributed by atoms with E-state index in [1.54, 1.807) is 12.1 Å². The number of rotatable bonds is 4. The number of halogens is 2. The van der Waals surface area contributed by atoms with Crippen LogP contribution in [0, 0.1) is 3.57 Å². The molecule has 0 aliphatic carbocycles. The summed E-state index contributed by atoms with van der Waals surface area (Å²) in [4.78, 5) is 10.8. The largest absolute Gasteiger partial charge is 0.475 e. The molecule has 0 saturated heterocycles. The van der Waals surface area contributed by atoms with Crippen molar-refractivity contribution in [1.82, 2.24) is 0 Å². The molecule has 2 rings (SSSR count). The molecule has 2 aromatic rings. The van der Waals surface area contributed by atoms with Crippen molar-refractivity contribution in [2.75, 3.05) is 5.32 Å². The fraction of sp³-hybridized carbons (Fsp3) is 0.154. The highest BCUT2D eigenvalue weighted by molar-refractivity contribution is 14.1. The lowest BCUT2D eigenvalue weighted by Gasteiger charge is -2.14. The molecule has 0 bridgehead atoms. The summed E-state index contributed by atoms with van der Waals surface area (Å²) < 4.78 is 6.24. The average molecular weight is 392 g/mol. The molecule has 0 aliphatic heterocycles.